The van der Waals surface area contributed by atoms with Crippen molar-refractivity contribution in [2.75, 3.05) is 0 Å². The fourth-order valence-electron chi connectivity index (χ4n) is 9.31. The van der Waals surface area contributed by atoms with Crippen molar-refractivity contribution in [1.82, 2.24) is 13.7 Å². The Morgan fingerprint density at radius 1 is 0.228 bits per heavy atom. The molecule has 0 atom stereocenters. The van der Waals surface area contributed by atoms with E-state index >= 15 is 0 Å². The highest BCUT2D eigenvalue weighted by atomic mass is 15.0. The van der Waals surface area contributed by atoms with Gasteiger partial charge in [-0.15, -0.1) is 0 Å². The van der Waals surface area contributed by atoms with Gasteiger partial charge in [0.15, 0.2) is 0 Å². The zero-order chi connectivity index (χ0) is 37.5. The van der Waals surface area contributed by atoms with E-state index in [2.05, 4.69) is 226 Å². The first-order valence-corrected chi connectivity index (χ1v) is 19.6. The summed E-state index contributed by atoms with van der Waals surface area (Å²) < 4.78 is 7.33. The van der Waals surface area contributed by atoms with Crippen LogP contribution in [0.25, 0.3) is 105 Å². The predicted molar refractivity (Wildman–Crippen MR) is 240 cm³/mol. The van der Waals surface area contributed by atoms with E-state index in [9.17, 15) is 0 Å². The summed E-state index contributed by atoms with van der Waals surface area (Å²) in [6.45, 7) is 0. The maximum Gasteiger partial charge on any atom is 0.0562 e. The van der Waals surface area contributed by atoms with E-state index < -0.39 is 0 Å². The molecule has 12 aromatic rings. The summed E-state index contributed by atoms with van der Waals surface area (Å²) in [6, 6.07) is 77.4. The van der Waals surface area contributed by atoms with Crippen molar-refractivity contribution in [2.45, 2.75) is 0 Å². The van der Waals surface area contributed by atoms with Crippen LogP contribution in [0.2, 0.25) is 0 Å². The Bertz CT molecular complexity index is 3440. The lowest BCUT2D eigenvalue weighted by molar-refractivity contribution is 1.15. The van der Waals surface area contributed by atoms with Gasteiger partial charge in [0.25, 0.3) is 0 Å². The van der Waals surface area contributed by atoms with Crippen molar-refractivity contribution in [3.63, 3.8) is 0 Å². The van der Waals surface area contributed by atoms with Gasteiger partial charge >= 0.3 is 0 Å². The first-order valence-electron chi connectivity index (χ1n) is 19.6. The topological polar surface area (TPSA) is 14.8 Å². The SMILES string of the molecule is c1ccc(-c2ccc(-c3ccc(-n4c5ccccc5c5ccc(-n6c7ccccc7c7c(-n8c9ccccc9c9ccccc98)cccc76)cc54)cc3)cc2)cc1. The summed E-state index contributed by atoms with van der Waals surface area (Å²) >= 11 is 0. The number of fused-ring (bicyclic) bond motifs is 9. The maximum absolute atomic E-state index is 2.45. The minimum atomic E-state index is 1.13. The van der Waals surface area contributed by atoms with Crippen LogP contribution in [0, 0.1) is 0 Å². The number of nitrogens with zero attached hydrogens (tertiary/aromatic N) is 3. The van der Waals surface area contributed by atoms with E-state index in [0.717, 1.165) is 11.4 Å². The molecule has 12 rings (SSSR count). The molecule has 0 saturated carbocycles. The number of benzene rings is 9. The van der Waals surface area contributed by atoms with Crippen LogP contribution in [0.15, 0.2) is 212 Å². The third-order valence-electron chi connectivity index (χ3n) is 11.9. The Labute approximate surface area is 329 Å². The Kier molecular flexibility index (Phi) is 6.93. The van der Waals surface area contributed by atoms with Crippen LogP contribution in [0.4, 0.5) is 0 Å². The first kappa shape index (κ1) is 31.7. The van der Waals surface area contributed by atoms with Gasteiger partial charge in [0.1, 0.15) is 0 Å². The van der Waals surface area contributed by atoms with E-state index in [1.165, 1.54) is 93.4 Å². The average molecular weight is 726 g/mol. The number of para-hydroxylation sites is 4. The van der Waals surface area contributed by atoms with Crippen LogP contribution in [0.3, 0.4) is 0 Å². The summed E-state index contributed by atoms with van der Waals surface area (Å²) in [5.41, 5.74) is 15.5. The van der Waals surface area contributed by atoms with Gasteiger partial charge < -0.3 is 13.7 Å². The molecule has 9 aromatic carbocycles. The molecule has 57 heavy (non-hydrogen) atoms. The number of hydrogen-bond acceptors (Lipinski definition) is 0. The van der Waals surface area contributed by atoms with Gasteiger partial charge in [0, 0.05) is 43.7 Å². The van der Waals surface area contributed by atoms with Crippen molar-refractivity contribution in [3.05, 3.63) is 212 Å². The largest absolute Gasteiger partial charge is 0.309 e. The molecule has 3 nitrogen and oxygen atoms in total. The van der Waals surface area contributed by atoms with Gasteiger partial charge in [-0.2, -0.15) is 0 Å². The molecule has 3 heterocycles. The van der Waals surface area contributed by atoms with Crippen LogP contribution >= 0.6 is 0 Å². The maximum atomic E-state index is 2.45. The lowest BCUT2D eigenvalue weighted by Crippen LogP contribution is -1.98. The second kappa shape index (κ2) is 12.5. The van der Waals surface area contributed by atoms with E-state index in [0.29, 0.717) is 0 Å². The second-order valence-electron chi connectivity index (χ2n) is 14.9. The van der Waals surface area contributed by atoms with Crippen LogP contribution in [-0.4, -0.2) is 13.7 Å². The van der Waals surface area contributed by atoms with E-state index in [4.69, 9.17) is 0 Å². The standard InChI is InChI=1S/C54H35N3/c1-2-13-36(14-3-1)37-25-27-38(28-26-37)39-29-31-40(32-30-39)55-47-19-8-4-17-44(47)45-34-33-41(35-53(45)55)56-50-22-11-7-18-46(50)54-51(56)23-12-24-52(54)57-48-20-9-5-15-42(48)43-16-6-10-21-49(43)57/h1-35H. The summed E-state index contributed by atoms with van der Waals surface area (Å²) in [5.74, 6) is 0. The van der Waals surface area contributed by atoms with Gasteiger partial charge in [-0.05, 0) is 82.9 Å². The zero-order valence-electron chi connectivity index (χ0n) is 31.0. The lowest BCUT2D eigenvalue weighted by Gasteiger charge is -2.13. The molecule has 0 bridgehead atoms. The Morgan fingerprint density at radius 2 is 0.632 bits per heavy atom. The van der Waals surface area contributed by atoms with Crippen LogP contribution in [0.5, 0.6) is 0 Å². The van der Waals surface area contributed by atoms with Crippen LogP contribution in [0.1, 0.15) is 0 Å². The Hall–Kier alpha value is -7.62. The molecular weight excluding hydrogens is 691 g/mol. The highest BCUT2D eigenvalue weighted by Crippen LogP contribution is 2.41. The Balaban J connectivity index is 1.04. The summed E-state index contributed by atoms with van der Waals surface area (Å²) in [5, 5.41) is 7.49. The smallest absolute Gasteiger partial charge is 0.0562 e. The minimum Gasteiger partial charge on any atom is -0.309 e. The van der Waals surface area contributed by atoms with Crippen LogP contribution in [-0.2, 0) is 0 Å². The Morgan fingerprint density at radius 3 is 1.23 bits per heavy atom. The quantitative estimate of drug-likeness (QED) is 0.168. The molecule has 0 aliphatic heterocycles. The zero-order valence-corrected chi connectivity index (χ0v) is 31.0. The first-order chi connectivity index (χ1) is 28.3. The molecule has 0 unspecified atom stereocenters. The van der Waals surface area contributed by atoms with Crippen molar-refractivity contribution >= 4 is 65.4 Å². The number of rotatable bonds is 5. The van der Waals surface area contributed by atoms with Crippen LogP contribution < -0.4 is 0 Å². The molecule has 0 amide bonds. The number of hydrogen-bond donors (Lipinski definition) is 0. The molecule has 3 aromatic heterocycles. The fraction of sp³-hybridized carbons (Fsp3) is 0. The molecule has 0 aliphatic rings. The number of aromatic nitrogens is 3. The molecule has 0 saturated heterocycles. The van der Waals surface area contributed by atoms with Crippen molar-refractivity contribution in [1.29, 1.82) is 0 Å². The van der Waals surface area contributed by atoms with Gasteiger partial charge in [-0.3, -0.25) is 0 Å². The third-order valence-corrected chi connectivity index (χ3v) is 11.9. The second-order valence-corrected chi connectivity index (χ2v) is 14.9. The van der Waals surface area contributed by atoms with Gasteiger partial charge in [0.05, 0.1) is 38.8 Å². The fourth-order valence-corrected chi connectivity index (χ4v) is 9.31. The highest BCUT2D eigenvalue weighted by Gasteiger charge is 2.20. The highest BCUT2D eigenvalue weighted by molar-refractivity contribution is 6.17. The molecule has 0 fully saturated rings. The van der Waals surface area contributed by atoms with Crippen molar-refractivity contribution < 1.29 is 0 Å². The molecule has 0 radical (unpaired) electrons. The monoisotopic (exact) mass is 725 g/mol. The van der Waals surface area contributed by atoms with Crippen molar-refractivity contribution in [3.8, 4) is 39.3 Å². The summed E-state index contributed by atoms with van der Waals surface area (Å²) in [6.07, 6.45) is 0. The predicted octanol–water partition coefficient (Wildman–Crippen LogP) is 14.3. The van der Waals surface area contributed by atoms with E-state index in [-0.39, 0.29) is 0 Å². The molecule has 266 valence electrons. The summed E-state index contributed by atoms with van der Waals surface area (Å²) in [7, 11) is 0. The summed E-state index contributed by atoms with van der Waals surface area (Å²) in [4.78, 5) is 0. The minimum absolute atomic E-state index is 1.13. The molecular formula is C54H35N3. The molecule has 0 spiro atoms. The van der Waals surface area contributed by atoms with E-state index in [1.54, 1.807) is 0 Å². The lowest BCUT2D eigenvalue weighted by atomic mass is 10.0. The van der Waals surface area contributed by atoms with Gasteiger partial charge in [-0.25, -0.2) is 0 Å². The third kappa shape index (κ3) is 4.79. The van der Waals surface area contributed by atoms with Gasteiger partial charge in [-0.1, -0.05) is 152 Å². The average Bonchev–Trinajstić information content (AvgIpc) is 3.92. The normalized spacial score (nSPS) is 11.9. The van der Waals surface area contributed by atoms with Crippen molar-refractivity contribution in [2.24, 2.45) is 0 Å². The van der Waals surface area contributed by atoms with E-state index in [1.807, 2.05) is 0 Å². The van der Waals surface area contributed by atoms with Gasteiger partial charge in [0.2, 0.25) is 0 Å². The molecule has 0 aliphatic carbocycles. The molecule has 3 heteroatoms. The molecule has 0 N–H and O–H groups in total.